The number of benzene rings is 2. The van der Waals surface area contributed by atoms with Crippen molar-refractivity contribution in [3.63, 3.8) is 0 Å². The van der Waals surface area contributed by atoms with Gasteiger partial charge in [0.05, 0.1) is 35.4 Å². The molecule has 0 aliphatic carbocycles. The standard InChI is InChI=1S/C24H25ClN4O4S2/c1-26-14-18(30)10-9-16-5-3-6-17(13-16)15-29-19-7-4-8-20(33-2)23(19)24(27-29)28-35(31,32)22-12-11-21(25)34-22/h3-8,11-13,26H,9-10,14-15H2,1-2H3,(H,27,28). The minimum Gasteiger partial charge on any atom is -0.496 e. The number of ether oxygens (including phenoxy) is 1. The van der Waals surface area contributed by atoms with Gasteiger partial charge in [0.2, 0.25) is 0 Å². The van der Waals surface area contributed by atoms with Gasteiger partial charge in [-0.25, -0.2) is 8.42 Å². The van der Waals surface area contributed by atoms with Crippen molar-refractivity contribution >= 4 is 55.5 Å². The second-order valence-corrected chi connectivity index (χ2v) is 11.5. The number of halogens is 1. The van der Waals surface area contributed by atoms with Crippen LogP contribution < -0.4 is 14.8 Å². The molecule has 4 rings (SSSR count). The van der Waals surface area contributed by atoms with Crippen LogP contribution in [0, 0.1) is 0 Å². The number of hydrogen-bond donors (Lipinski definition) is 2. The number of hydrogen-bond acceptors (Lipinski definition) is 7. The number of fused-ring (bicyclic) bond motifs is 1. The minimum atomic E-state index is -3.88. The second kappa shape index (κ2) is 10.8. The van der Waals surface area contributed by atoms with Crippen molar-refractivity contribution in [1.29, 1.82) is 0 Å². The molecule has 2 aromatic carbocycles. The largest absolute Gasteiger partial charge is 0.496 e. The highest BCUT2D eigenvalue weighted by molar-refractivity contribution is 7.94. The van der Waals surface area contributed by atoms with Gasteiger partial charge in [0.25, 0.3) is 10.0 Å². The fourth-order valence-electron chi connectivity index (χ4n) is 3.80. The third-order valence-corrected chi connectivity index (χ3v) is 8.46. The maximum atomic E-state index is 13.0. The Morgan fingerprint density at radius 3 is 2.63 bits per heavy atom. The molecule has 35 heavy (non-hydrogen) atoms. The highest BCUT2D eigenvalue weighted by Gasteiger charge is 2.23. The normalized spacial score (nSPS) is 11.6. The molecule has 0 aliphatic rings. The number of thiophene rings is 1. The monoisotopic (exact) mass is 532 g/mol. The average Bonchev–Trinajstić information content (AvgIpc) is 3.42. The molecule has 2 heterocycles. The Balaban J connectivity index is 1.65. The summed E-state index contributed by atoms with van der Waals surface area (Å²) in [5.74, 6) is 0.843. The lowest BCUT2D eigenvalue weighted by Gasteiger charge is -2.07. The van der Waals surface area contributed by atoms with Crippen molar-refractivity contribution < 1.29 is 17.9 Å². The Kier molecular flexibility index (Phi) is 7.75. The van der Waals surface area contributed by atoms with Crippen LogP contribution in [-0.4, -0.2) is 44.7 Å². The van der Waals surface area contributed by atoms with E-state index in [1.54, 1.807) is 17.8 Å². The Labute approximate surface area is 212 Å². The van der Waals surface area contributed by atoms with Gasteiger partial charge < -0.3 is 10.1 Å². The molecule has 4 aromatic rings. The first kappa shape index (κ1) is 25.2. The summed E-state index contributed by atoms with van der Waals surface area (Å²) in [4.78, 5) is 11.9. The fraction of sp³-hybridized carbons (Fsp3) is 0.250. The van der Waals surface area contributed by atoms with Crippen molar-refractivity contribution in [3.8, 4) is 5.75 Å². The number of likely N-dealkylation sites (N-methyl/N-ethyl adjacent to an activating group) is 1. The van der Waals surface area contributed by atoms with Gasteiger partial charge in [-0.15, -0.1) is 11.3 Å². The molecule has 184 valence electrons. The SMILES string of the molecule is CNCC(=O)CCc1cccc(Cn2nc(NS(=O)(=O)c3ccc(Cl)s3)c3c(OC)cccc32)c1. The molecule has 0 saturated heterocycles. The van der Waals surface area contributed by atoms with E-state index in [0.29, 0.717) is 41.4 Å². The zero-order valence-electron chi connectivity index (χ0n) is 19.2. The number of anilines is 1. The number of nitrogens with one attached hydrogen (secondary N) is 2. The number of carbonyl (C=O) groups is 1. The number of ketones is 1. The van der Waals surface area contributed by atoms with E-state index in [0.717, 1.165) is 28.0 Å². The van der Waals surface area contributed by atoms with Crippen molar-refractivity contribution in [2.24, 2.45) is 0 Å². The molecule has 0 fully saturated rings. The van der Waals surface area contributed by atoms with Gasteiger partial charge in [-0.3, -0.25) is 14.2 Å². The van der Waals surface area contributed by atoms with Crippen LogP contribution in [0.2, 0.25) is 4.34 Å². The zero-order chi connectivity index (χ0) is 25.0. The quantitative estimate of drug-likeness (QED) is 0.298. The summed E-state index contributed by atoms with van der Waals surface area (Å²) in [6.07, 6.45) is 1.11. The predicted molar refractivity (Wildman–Crippen MR) is 139 cm³/mol. The van der Waals surface area contributed by atoms with Gasteiger partial charge in [-0.1, -0.05) is 41.9 Å². The lowest BCUT2D eigenvalue weighted by atomic mass is 10.0. The zero-order valence-corrected chi connectivity index (χ0v) is 21.6. The van der Waals surface area contributed by atoms with Crippen LogP contribution in [0.3, 0.4) is 0 Å². The topological polar surface area (TPSA) is 102 Å². The minimum absolute atomic E-state index is 0.0978. The maximum absolute atomic E-state index is 13.0. The van der Waals surface area contributed by atoms with Gasteiger partial charge in [0, 0.05) is 6.42 Å². The molecule has 0 bridgehead atoms. The van der Waals surface area contributed by atoms with Crippen LogP contribution in [-0.2, 0) is 27.8 Å². The average molecular weight is 533 g/mol. The van der Waals surface area contributed by atoms with Crippen molar-refractivity contribution in [2.45, 2.75) is 23.6 Å². The van der Waals surface area contributed by atoms with Crippen LogP contribution in [0.5, 0.6) is 5.75 Å². The summed E-state index contributed by atoms with van der Waals surface area (Å²) in [6, 6.07) is 16.4. The van der Waals surface area contributed by atoms with Gasteiger partial charge in [-0.05, 0) is 48.9 Å². The summed E-state index contributed by atoms with van der Waals surface area (Å²) in [6.45, 7) is 0.770. The number of Topliss-reactive ketones (excluding diaryl/α,β-unsaturated/α-hetero) is 1. The second-order valence-electron chi connectivity index (χ2n) is 7.91. The van der Waals surface area contributed by atoms with Crippen LogP contribution >= 0.6 is 22.9 Å². The third-order valence-electron chi connectivity index (χ3n) is 5.39. The van der Waals surface area contributed by atoms with Crippen LogP contribution in [0.15, 0.2) is 58.8 Å². The first-order valence-corrected chi connectivity index (χ1v) is 13.5. The summed E-state index contributed by atoms with van der Waals surface area (Å²) in [5.41, 5.74) is 2.76. The molecule has 0 aliphatic heterocycles. The Bertz CT molecular complexity index is 1460. The summed E-state index contributed by atoms with van der Waals surface area (Å²) in [5, 5.41) is 8.04. The molecular formula is C24H25ClN4O4S2. The van der Waals surface area contributed by atoms with E-state index in [9.17, 15) is 13.2 Å². The van der Waals surface area contributed by atoms with Gasteiger partial charge in [-0.2, -0.15) is 5.10 Å². The lowest BCUT2D eigenvalue weighted by Crippen LogP contribution is -2.18. The van der Waals surface area contributed by atoms with Gasteiger partial charge >= 0.3 is 0 Å². The lowest BCUT2D eigenvalue weighted by molar-refractivity contribution is -0.118. The smallest absolute Gasteiger partial charge is 0.272 e. The van der Waals surface area contributed by atoms with Crippen LogP contribution in [0.1, 0.15) is 17.5 Å². The van der Waals surface area contributed by atoms with E-state index in [1.165, 1.54) is 19.2 Å². The highest BCUT2D eigenvalue weighted by atomic mass is 35.5. The molecule has 8 nitrogen and oxygen atoms in total. The molecular weight excluding hydrogens is 508 g/mol. The molecule has 11 heteroatoms. The van der Waals surface area contributed by atoms with Crippen molar-refractivity contribution in [1.82, 2.24) is 15.1 Å². The number of aromatic nitrogens is 2. The molecule has 0 amide bonds. The molecule has 0 spiro atoms. The summed E-state index contributed by atoms with van der Waals surface area (Å²) >= 11 is 6.91. The van der Waals surface area contributed by atoms with Crippen molar-refractivity contribution in [2.75, 3.05) is 25.4 Å². The Hall–Kier alpha value is -2.92. The third kappa shape index (κ3) is 5.84. The fourth-order valence-corrected chi connectivity index (χ4v) is 6.30. The number of rotatable bonds is 11. The Morgan fingerprint density at radius 2 is 1.91 bits per heavy atom. The molecule has 2 N–H and O–H groups in total. The van der Waals surface area contributed by atoms with E-state index >= 15 is 0 Å². The molecule has 0 radical (unpaired) electrons. The number of aryl methyl sites for hydroxylation is 1. The predicted octanol–water partition coefficient (Wildman–Crippen LogP) is 4.33. The van der Waals surface area contributed by atoms with Gasteiger partial charge in [0.15, 0.2) is 5.82 Å². The van der Waals surface area contributed by atoms with E-state index in [2.05, 4.69) is 15.1 Å². The summed E-state index contributed by atoms with van der Waals surface area (Å²) in [7, 11) is -0.594. The maximum Gasteiger partial charge on any atom is 0.272 e. The highest BCUT2D eigenvalue weighted by Crippen LogP contribution is 2.35. The van der Waals surface area contributed by atoms with Gasteiger partial charge in [0.1, 0.15) is 15.7 Å². The number of carbonyl (C=O) groups excluding carboxylic acids is 1. The number of sulfonamides is 1. The number of methoxy groups -OCH3 is 1. The van der Waals surface area contributed by atoms with Crippen LogP contribution in [0.25, 0.3) is 10.9 Å². The first-order chi connectivity index (χ1) is 16.8. The van der Waals surface area contributed by atoms with Crippen LogP contribution in [0.4, 0.5) is 5.82 Å². The van der Waals surface area contributed by atoms with E-state index < -0.39 is 10.0 Å². The summed E-state index contributed by atoms with van der Waals surface area (Å²) < 4.78 is 36.2. The molecule has 0 saturated carbocycles. The molecule has 2 aromatic heterocycles. The molecule has 0 atom stereocenters. The molecule has 0 unspecified atom stereocenters. The van der Waals surface area contributed by atoms with Crippen molar-refractivity contribution in [3.05, 3.63) is 70.1 Å². The van der Waals surface area contributed by atoms with E-state index in [1.807, 2.05) is 36.4 Å². The Morgan fingerprint density at radius 1 is 1.14 bits per heavy atom. The number of nitrogens with zero attached hydrogens (tertiary/aromatic N) is 2. The van der Waals surface area contributed by atoms with E-state index in [4.69, 9.17) is 16.3 Å². The first-order valence-electron chi connectivity index (χ1n) is 10.9. The van der Waals surface area contributed by atoms with E-state index in [-0.39, 0.29) is 15.8 Å².